The van der Waals surface area contributed by atoms with Gasteiger partial charge in [-0.05, 0) is 64.9 Å². The minimum Gasteiger partial charge on any atom is -0.506 e. The summed E-state index contributed by atoms with van der Waals surface area (Å²) >= 11 is 0. The van der Waals surface area contributed by atoms with Gasteiger partial charge in [0, 0.05) is 36.5 Å². The van der Waals surface area contributed by atoms with E-state index in [1.54, 1.807) is 6.07 Å². The lowest BCUT2D eigenvalue weighted by molar-refractivity contribution is 0.479. The zero-order valence-electron chi connectivity index (χ0n) is 30.9. The first-order valence-corrected chi connectivity index (χ1v) is 12.7. The van der Waals surface area contributed by atoms with Crippen molar-refractivity contribution >= 4 is 39.5 Å². The van der Waals surface area contributed by atoms with E-state index < -0.39 is 31.5 Å². The molecule has 5 nitrogen and oxygen atoms in total. The standard InChI is InChI=1S/C34H34N4O/c1-21(2)23-12-18-32(35-20-23)38-29-10-8-7-9-27(29)37(6)28-16-11-22(19-30(28)38)26-15-13-24-25(34(3,4)5)14-17-31(39)33(24)36-26/h7-21,39H,1-6H3/i3D3,4D3,5D3. The third-order valence-electron chi connectivity index (χ3n) is 7.26. The highest BCUT2D eigenvalue weighted by Gasteiger charge is 2.29. The number of nitrogens with zero attached hydrogens (tertiary/aromatic N) is 4. The molecule has 5 heteroatoms. The number of anilines is 5. The molecule has 0 atom stereocenters. The minimum atomic E-state index is -3.46. The summed E-state index contributed by atoms with van der Waals surface area (Å²) in [5.41, 5.74) is 1.93. The lowest BCUT2D eigenvalue weighted by atomic mass is 9.84. The third-order valence-corrected chi connectivity index (χ3v) is 7.26. The van der Waals surface area contributed by atoms with Crippen molar-refractivity contribution in [3.63, 3.8) is 0 Å². The van der Waals surface area contributed by atoms with E-state index in [9.17, 15) is 5.11 Å². The fraction of sp³-hybridized carbons (Fsp3) is 0.235. The van der Waals surface area contributed by atoms with Crippen molar-refractivity contribution in [1.29, 1.82) is 0 Å². The molecule has 0 spiro atoms. The molecule has 0 bridgehead atoms. The Morgan fingerprint density at radius 3 is 2.33 bits per heavy atom. The van der Waals surface area contributed by atoms with Gasteiger partial charge < -0.3 is 10.0 Å². The molecule has 0 amide bonds. The van der Waals surface area contributed by atoms with Gasteiger partial charge in [0.25, 0.3) is 0 Å². The predicted octanol–water partition coefficient (Wildman–Crippen LogP) is 8.97. The van der Waals surface area contributed by atoms with Gasteiger partial charge in [0.2, 0.25) is 0 Å². The van der Waals surface area contributed by atoms with Crippen molar-refractivity contribution in [2.75, 3.05) is 16.8 Å². The Morgan fingerprint density at radius 1 is 0.846 bits per heavy atom. The van der Waals surface area contributed by atoms with Crippen LogP contribution in [0.1, 0.15) is 63.8 Å². The third kappa shape index (κ3) is 4.19. The Morgan fingerprint density at radius 2 is 1.62 bits per heavy atom. The molecular weight excluding hydrogens is 480 g/mol. The molecule has 2 aromatic heterocycles. The van der Waals surface area contributed by atoms with E-state index >= 15 is 0 Å². The molecule has 0 aliphatic carbocycles. The number of para-hydroxylation sites is 2. The molecule has 39 heavy (non-hydrogen) atoms. The Labute approximate surface area is 243 Å². The SMILES string of the molecule is [2H]C([2H])([2H])C(c1ccc(O)c2nc(-c3ccc4c(c3)N(c3ccc(C(C)C)cn3)c3ccccc3N4C)ccc12)(C([2H])([2H])[2H])C([2H])([2H])[2H]. The second-order valence-electron chi connectivity index (χ2n) is 10.2. The summed E-state index contributed by atoms with van der Waals surface area (Å²) in [5, 5.41) is 10.8. The van der Waals surface area contributed by atoms with Crippen LogP contribution in [0.4, 0.5) is 28.6 Å². The van der Waals surface area contributed by atoms with E-state index in [1.807, 2.05) is 61.8 Å². The quantitative estimate of drug-likeness (QED) is 0.256. The van der Waals surface area contributed by atoms with Crippen LogP contribution in [0.25, 0.3) is 22.2 Å². The van der Waals surface area contributed by atoms with Crippen molar-refractivity contribution in [2.24, 2.45) is 0 Å². The van der Waals surface area contributed by atoms with E-state index in [2.05, 4.69) is 34.7 Å². The first-order chi connectivity index (χ1) is 22.4. The topological polar surface area (TPSA) is 52.5 Å². The normalized spacial score (nSPS) is 17.5. The van der Waals surface area contributed by atoms with Gasteiger partial charge in [-0.15, -0.1) is 0 Å². The zero-order valence-corrected chi connectivity index (χ0v) is 21.9. The first kappa shape index (κ1) is 16.6. The molecule has 6 rings (SSSR count). The molecule has 0 unspecified atom stereocenters. The maximum Gasteiger partial charge on any atom is 0.141 e. The van der Waals surface area contributed by atoms with Crippen LogP contribution >= 0.6 is 0 Å². The summed E-state index contributed by atoms with van der Waals surface area (Å²) in [6.07, 6.45) is 1.87. The van der Waals surface area contributed by atoms with Crippen LogP contribution in [0.15, 0.2) is 85.1 Å². The van der Waals surface area contributed by atoms with Crippen LogP contribution in [-0.4, -0.2) is 22.1 Å². The highest BCUT2D eigenvalue weighted by Crippen LogP contribution is 2.51. The maximum absolute atomic E-state index is 10.9. The van der Waals surface area contributed by atoms with E-state index in [-0.39, 0.29) is 16.7 Å². The summed E-state index contributed by atoms with van der Waals surface area (Å²) < 4.78 is 73.7. The number of rotatable bonds is 3. The molecule has 1 aliphatic rings. The van der Waals surface area contributed by atoms with E-state index in [0.717, 1.165) is 40.4 Å². The van der Waals surface area contributed by atoms with E-state index in [1.165, 1.54) is 6.07 Å². The number of pyridine rings is 2. The Balaban J connectivity index is 1.55. The lowest BCUT2D eigenvalue weighted by Crippen LogP contribution is -2.24. The highest BCUT2D eigenvalue weighted by molar-refractivity contribution is 5.98. The molecule has 0 saturated heterocycles. The van der Waals surface area contributed by atoms with Crippen LogP contribution in [0.5, 0.6) is 5.75 Å². The Bertz CT molecular complexity index is 1980. The number of benzene rings is 3. The maximum atomic E-state index is 10.9. The molecule has 0 radical (unpaired) electrons. The average Bonchev–Trinajstić information content (AvgIpc) is 3.00. The van der Waals surface area contributed by atoms with Crippen LogP contribution in [0.2, 0.25) is 0 Å². The predicted molar refractivity (Wildman–Crippen MR) is 162 cm³/mol. The minimum absolute atomic E-state index is 0.0789. The van der Waals surface area contributed by atoms with Gasteiger partial charge in [0.15, 0.2) is 0 Å². The molecule has 196 valence electrons. The summed E-state index contributed by atoms with van der Waals surface area (Å²) in [7, 11) is 1.98. The lowest BCUT2D eigenvalue weighted by Gasteiger charge is -2.38. The second kappa shape index (κ2) is 9.12. The summed E-state index contributed by atoms with van der Waals surface area (Å²) in [5.74, 6) is 0.668. The molecule has 1 aliphatic heterocycles. The monoisotopic (exact) mass is 523 g/mol. The van der Waals surface area contributed by atoms with Crippen LogP contribution in [0, 0.1) is 0 Å². The smallest absolute Gasteiger partial charge is 0.141 e. The van der Waals surface area contributed by atoms with Crippen molar-refractivity contribution in [3.8, 4) is 17.0 Å². The molecule has 5 aromatic rings. The summed E-state index contributed by atoms with van der Waals surface area (Å²) in [4.78, 5) is 13.6. The number of phenols is 1. The van der Waals surface area contributed by atoms with Crippen LogP contribution in [0.3, 0.4) is 0 Å². The highest BCUT2D eigenvalue weighted by atomic mass is 16.3. The van der Waals surface area contributed by atoms with Crippen molar-refractivity contribution in [3.05, 3.63) is 96.2 Å². The van der Waals surface area contributed by atoms with Crippen LogP contribution in [-0.2, 0) is 5.41 Å². The molecule has 3 aromatic carbocycles. The van der Waals surface area contributed by atoms with Crippen molar-refractivity contribution < 1.29 is 17.4 Å². The van der Waals surface area contributed by atoms with Gasteiger partial charge in [-0.1, -0.05) is 70.8 Å². The molecule has 0 saturated carbocycles. The van der Waals surface area contributed by atoms with E-state index in [4.69, 9.17) is 17.3 Å². The molecule has 3 heterocycles. The fourth-order valence-electron chi connectivity index (χ4n) is 5.15. The first-order valence-electron chi connectivity index (χ1n) is 17.2. The number of hydrogen-bond acceptors (Lipinski definition) is 5. The number of aromatic hydroxyl groups is 1. The van der Waals surface area contributed by atoms with Gasteiger partial charge in [0.1, 0.15) is 17.1 Å². The number of hydrogen-bond donors (Lipinski definition) is 1. The second-order valence-corrected chi connectivity index (χ2v) is 10.2. The van der Waals surface area contributed by atoms with Gasteiger partial charge in [-0.2, -0.15) is 0 Å². The van der Waals surface area contributed by atoms with Gasteiger partial charge >= 0.3 is 0 Å². The van der Waals surface area contributed by atoms with Gasteiger partial charge in [0.05, 0.1) is 28.4 Å². The van der Waals surface area contributed by atoms with E-state index in [0.29, 0.717) is 23.0 Å². The average molecular weight is 524 g/mol. The van der Waals surface area contributed by atoms with Gasteiger partial charge in [-0.25, -0.2) is 9.97 Å². The van der Waals surface area contributed by atoms with Crippen molar-refractivity contribution in [2.45, 2.75) is 45.7 Å². The van der Waals surface area contributed by atoms with Crippen molar-refractivity contribution in [1.82, 2.24) is 9.97 Å². The largest absolute Gasteiger partial charge is 0.506 e. The summed E-state index contributed by atoms with van der Waals surface area (Å²) in [6.45, 7) is -6.17. The Kier molecular flexibility index (Phi) is 3.87. The van der Waals surface area contributed by atoms with Crippen LogP contribution < -0.4 is 9.80 Å². The molecular formula is C34H34N4O. The number of aromatic nitrogens is 2. The zero-order chi connectivity index (χ0) is 35.0. The number of fused-ring (bicyclic) bond motifs is 3. The molecule has 1 N–H and O–H groups in total. The molecule has 0 fully saturated rings. The van der Waals surface area contributed by atoms with Gasteiger partial charge in [-0.3, -0.25) is 4.90 Å². The Hall–Kier alpha value is -4.38. The number of phenolic OH excluding ortho intramolecular Hbond substituents is 1. The summed E-state index contributed by atoms with van der Waals surface area (Å²) in [6, 6.07) is 22.9. The fourth-order valence-corrected chi connectivity index (χ4v) is 5.15.